The number of morpholine rings is 1. The van der Waals surface area contributed by atoms with E-state index in [9.17, 15) is 13.2 Å². The van der Waals surface area contributed by atoms with Crippen molar-refractivity contribution in [2.45, 2.75) is 45.0 Å². The Morgan fingerprint density at radius 3 is 2.70 bits per heavy atom. The molecule has 6 nitrogen and oxygen atoms in total. The van der Waals surface area contributed by atoms with Gasteiger partial charge in [-0.2, -0.15) is 13.2 Å². The maximum atomic E-state index is 13.0. The summed E-state index contributed by atoms with van der Waals surface area (Å²) in [6.45, 7) is 7.85. The molecule has 0 amide bonds. The fourth-order valence-electron chi connectivity index (χ4n) is 3.18. The van der Waals surface area contributed by atoms with Gasteiger partial charge in [-0.25, -0.2) is 4.98 Å². The molecule has 9 heteroatoms. The first-order valence-corrected chi connectivity index (χ1v) is 9.77. The molecule has 0 bridgehead atoms. The van der Waals surface area contributed by atoms with Crippen LogP contribution in [-0.2, 0) is 22.9 Å². The third-order valence-electron chi connectivity index (χ3n) is 4.85. The van der Waals surface area contributed by atoms with Crippen LogP contribution in [0.1, 0.15) is 49.7 Å². The normalized spacial score (nSPS) is 18.6. The van der Waals surface area contributed by atoms with E-state index in [1.165, 1.54) is 6.07 Å². The fourth-order valence-corrected chi connectivity index (χ4v) is 3.18. The van der Waals surface area contributed by atoms with E-state index in [1.54, 1.807) is 19.3 Å². The highest BCUT2D eigenvalue weighted by Gasteiger charge is 2.32. The molecule has 1 aliphatic rings. The molecule has 1 aromatic heterocycles. The quantitative estimate of drug-likeness (QED) is 0.593. The van der Waals surface area contributed by atoms with Crippen LogP contribution in [0.2, 0.25) is 0 Å². The zero-order valence-corrected chi connectivity index (χ0v) is 17.6. The number of hydrogen-bond acceptors (Lipinski definition) is 4. The molecule has 1 aliphatic heterocycles. The zero-order chi connectivity index (χ0) is 21.9. The van der Waals surface area contributed by atoms with E-state index in [-0.39, 0.29) is 5.41 Å². The van der Waals surface area contributed by atoms with Crippen LogP contribution in [0.25, 0.3) is 0 Å². The van der Waals surface area contributed by atoms with E-state index < -0.39 is 17.8 Å². The molecule has 1 unspecified atom stereocenters. The second-order valence-electron chi connectivity index (χ2n) is 8.20. The van der Waals surface area contributed by atoms with Crippen molar-refractivity contribution in [3.05, 3.63) is 53.2 Å². The molecule has 1 aromatic carbocycles. The van der Waals surface area contributed by atoms with Crippen molar-refractivity contribution in [1.82, 2.24) is 15.2 Å². The Labute approximate surface area is 174 Å². The second-order valence-corrected chi connectivity index (χ2v) is 8.20. The number of oxazole rings is 1. The van der Waals surface area contributed by atoms with E-state index in [2.05, 4.69) is 15.3 Å². The first-order valence-electron chi connectivity index (χ1n) is 9.77. The number of guanidine groups is 1. The van der Waals surface area contributed by atoms with Crippen molar-refractivity contribution in [3.8, 4) is 0 Å². The van der Waals surface area contributed by atoms with E-state index in [4.69, 9.17) is 9.15 Å². The summed E-state index contributed by atoms with van der Waals surface area (Å²) in [5, 5.41) is 3.21. The SMILES string of the molecule is CN=C(NCc1ncc(C(C)(C)C)o1)N1CCOC(c2cccc(C(F)(F)F)c2)C1. The van der Waals surface area contributed by atoms with Gasteiger partial charge >= 0.3 is 6.18 Å². The molecule has 1 atom stereocenters. The second kappa shape index (κ2) is 8.67. The summed E-state index contributed by atoms with van der Waals surface area (Å²) in [5.41, 5.74) is -0.316. The van der Waals surface area contributed by atoms with Crippen LogP contribution in [0, 0.1) is 0 Å². The summed E-state index contributed by atoms with van der Waals surface area (Å²) >= 11 is 0. The molecule has 0 aliphatic carbocycles. The Hall–Kier alpha value is -2.55. The molecule has 1 fully saturated rings. The highest BCUT2D eigenvalue weighted by molar-refractivity contribution is 5.79. The number of halogens is 3. The van der Waals surface area contributed by atoms with Crippen molar-refractivity contribution in [1.29, 1.82) is 0 Å². The monoisotopic (exact) mass is 424 g/mol. The van der Waals surface area contributed by atoms with Gasteiger partial charge in [-0.05, 0) is 17.7 Å². The van der Waals surface area contributed by atoms with E-state index in [1.807, 2.05) is 25.7 Å². The Morgan fingerprint density at radius 1 is 1.30 bits per heavy atom. The molecule has 30 heavy (non-hydrogen) atoms. The van der Waals surface area contributed by atoms with Gasteiger partial charge in [-0.15, -0.1) is 0 Å². The number of nitrogens with zero attached hydrogens (tertiary/aromatic N) is 3. The van der Waals surface area contributed by atoms with Crippen molar-refractivity contribution in [2.75, 3.05) is 26.7 Å². The number of aliphatic imine (C=N–C) groups is 1. The Kier molecular flexibility index (Phi) is 6.40. The molecule has 1 N–H and O–H groups in total. The lowest BCUT2D eigenvalue weighted by Gasteiger charge is -2.35. The molecule has 0 spiro atoms. The molecule has 0 radical (unpaired) electrons. The lowest BCUT2D eigenvalue weighted by Crippen LogP contribution is -2.48. The van der Waals surface area contributed by atoms with Gasteiger partial charge in [0.1, 0.15) is 11.9 Å². The summed E-state index contributed by atoms with van der Waals surface area (Å²) in [6.07, 6.45) is -3.14. The van der Waals surface area contributed by atoms with Crippen LogP contribution >= 0.6 is 0 Å². The molecular formula is C21H27F3N4O2. The predicted molar refractivity (Wildman–Crippen MR) is 107 cm³/mol. The van der Waals surface area contributed by atoms with E-state index >= 15 is 0 Å². The number of rotatable bonds is 3. The smallest absolute Gasteiger partial charge is 0.416 e. The minimum atomic E-state index is -4.39. The molecule has 3 rings (SSSR count). The van der Waals surface area contributed by atoms with Gasteiger partial charge in [0.2, 0.25) is 5.89 Å². The molecule has 2 aromatic rings. The number of alkyl halides is 3. The lowest BCUT2D eigenvalue weighted by atomic mass is 9.94. The van der Waals surface area contributed by atoms with Gasteiger partial charge in [0.15, 0.2) is 5.96 Å². The largest absolute Gasteiger partial charge is 0.443 e. The summed E-state index contributed by atoms with van der Waals surface area (Å²) < 4.78 is 50.6. The zero-order valence-electron chi connectivity index (χ0n) is 17.6. The third-order valence-corrected chi connectivity index (χ3v) is 4.85. The number of ether oxygens (including phenoxy) is 1. The highest BCUT2D eigenvalue weighted by Crippen LogP contribution is 2.32. The summed E-state index contributed by atoms with van der Waals surface area (Å²) in [4.78, 5) is 10.5. The molecular weight excluding hydrogens is 397 g/mol. The Balaban J connectivity index is 1.66. The van der Waals surface area contributed by atoms with Crippen LogP contribution < -0.4 is 5.32 Å². The van der Waals surface area contributed by atoms with Gasteiger partial charge < -0.3 is 19.4 Å². The first kappa shape index (κ1) is 22.1. The maximum Gasteiger partial charge on any atom is 0.416 e. The van der Waals surface area contributed by atoms with Crippen molar-refractivity contribution < 1.29 is 22.3 Å². The minimum Gasteiger partial charge on any atom is -0.443 e. The van der Waals surface area contributed by atoms with Gasteiger partial charge in [0, 0.05) is 19.0 Å². The number of aromatic nitrogens is 1. The topological polar surface area (TPSA) is 62.9 Å². The summed E-state index contributed by atoms with van der Waals surface area (Å²) in [6, 6.07) is 5.27. The average molecular weight is 424 g/mol. The van der Waals surface area contributed by atoms with Crippen LogP contribution in [0.5, 0.6) is 0 Å². The summed E-state index contributed by atoms with van der Waals surface area (Å²) in [5.74, 6) is 1.96. The van der Waals surface area contributed by atoms with Gasteiger partial charge in [0.05, 0.1) is 31.5 Å². The van der Waals surface area contributed by atoms with Crippen LogP contribution in [0.3, 0.4) is 0 Å². The van der Waals surface area contributed by atoms with Crippen LogP contribution in [-0.4, -0.2) is 42.6 Å². The van der Waals surface area contributed by atoms with Crippen molar-refractivity contribution in [3.63, 3.8) is 0 Å². The summed E-state index contributed by atoms with van der Waals surface area (Å²) in [7, 11) is 1.66. The molecule has 2 heterocycles. The molecule has 164 valence electrons. The van der Waals surface area contributed by atoms with Gasteiger partial charge in [-0.1, -0.05) is 32.9 Å². The minimum absolute atomic E-state index is 0.130. The van der Waals surface area contributed by atoms with Crippen molar-refractivity contribution >= 4 is 5.96 Å². The first-order chi connectivity index (χ1) is 14.1. The van der Waals surface area contributed by atoms with E-state index in [0.717, 1.165) is 17.9 Å². The number of hydrogen-bond donors (Lipinski definition) is 1. The van der Waals surface area contributed by atoms with Crippen LogP contribution in [0.4, 0.5) is 13.2 Å². The number of nitrogens with one attached hydrogen (secondary N) is 1. The van der Waals surface area contributed by atoms with Gasteiger partial charge in [-0.3, -0.25) is 4.99 Å². The third kappa shape index (κ3) is 5.33. The van der Waals surface area contributed by atoms with Crippen molar-refractivity contribution in [2.24, 2.45) is 4.99 Å². The Morgan fingerprint density at radius 2 is 2.07 bits per heavy atom. The lowest BCUT2D eigenvalue weighted by molar-refractivity contribution is -0.137. The Bertz CT molecular complexity index is 887. The predicted octanol–water partition coefficient (Wildman–Crippen LogP) is 4.14. The van der Waals surface area contributed by atoms with E-state index in [0.29, 0.717) is 43.7 Å². The fraction of sp³-hybridized carbons (Fsp3) is 0.524. The molecule has 0 saturated carbocycles. The van der Waals surface area contributed by atoms with Gasteiger partial charge in [0.25, 0.3) is 0 Å². The highest BCUT2D eigenvalue weighted by atomic mass is 19.4. The standard InChI is InChI=1S/C21H27F3N4O2/c1-20(2,3)17-11-26-18(30-17)12-27-19(25-4)28-8-9-29-16(13-28)14-6-5-7-15(10-14)21(22,23)24/h5-7,10-11,16H,8-9,12-13H2,1-4H3,(H,25,27). The average Bonchev–Trinajstić information content (AvgIpc) is 3.18. The van der Waals surface area contributed by atoms with Crippen LogP contribution in [0.15, 0.2) is 39.9 Å². The molecule has 1 saturated heterocycles. The number of benzene rings is 1. The maximum absolute atomic E-state index is 13.0.